The Morgan fingerprint density at radius 1 is 1.21 bits per heavy atom. The van der Waals surface area contributed by atoms with Crippen molar-refractivity contribution < 1.29 is 13.2 Å². The Hall–Kier alpha value is -1.11. The smallest absolute Gasteiger partial charge is 0.240 e. The van der Waals surface area contributed by atoms with E-state index in [2.05, 4.69) is 4.72 Å². The zero-order valence-electron chi connectivity index (χ0n) is 11.0. The Bertz CT molecular complexity index is 513. The SMILES string of the molecule is COc1ccc(S(=O)(=O)NC2CCCCC2N)cc1. The molecule has 2 rings (SSSR count). The number of benzene rings is 1. The van der Waals surface area contributed by atoms with E-state index in [1.807, 2.05) is 0 Å². The molecule has 0 radical (unpaired) electrons. The minimum absolute atomic E-state index is 0.0956. The van der Waals surface area contributed by atoms with Gasteiger partial charge in [0, 0.05) is 12.1 Å². The van der Waals surface area contributed by atoms with Crippen LogP contribution < -0.4 is 15.2 Å². The highest BCUT2D eigenvalue weighted by molar-refractivity contribution is 7.89. The van der Waals surface area contributed by atoms with E-state index in [0.717, 1.165) is 25.7 Å². The zero-order valence-corrected chi connectivity index (χ0v) is 11.8. The Morgan fingerprint density at radius 2 is 1.84 bits per heavy atom. The Balaban J connectivity index is 2.12. The van der Waals surface area contributed by atoms with Crippen LogP contribution >= 0.6 is 0 Å². The van der Waals surface area contributed by atoms with Crippen molar-refractivity contribution in [3.05, 3.63) is 24.3 Å². The molecule has 1 aromatic carbocycles. The maximum atomic E-state index is 12.2. The lowest BCUT2D eigenvalue weighted by molar-refractivity contribution is 0.361. The van der Waals surface area contributed by atoms with Crippen LogP contribution in [0.2, 0.25) is 0 Å². The van der Waals surface area contributed by atoms with Crippen LogP contribution in [0.15, 0.2) is 29.2 Å². The molecule has 0 amide bonds. The molecule has 0 saturated heterocycles. The molecule has 0 spiro atoms. The lowest BCUT2D eigenvalue weighted by atomic mass is 9.92. The van der Waals surface area contributed by atoms with Crippen LogP contribution in [0.1, 0.15) is 25.7 Å². The van der Waals surface area contributed by atoms with E-state index in [9.17, 15) is 8.42 Å². The van der Waals surface area contributed by atoms with Crippen molar-refractivity contribution >= 4 is 10.0 Å². The average Bonchev–Trinajstić information content (AvgIpc) is 2.41. The molecule has 2 unspecified atom stereocenters. The number of methoxy groups -OCH3 is 1. The van der Waals surface area contributed by atoms with Crippen molar-refractivity contribution in [1.82, 2.24) is 4.72 Å². The number of hydrogen-bond acceptors (Lipinski definition) is 4. The van der Waals surface area contributed by atoms with Crippen molar-refractivity contribution in [2.75, 3.05) is 7.11 Å². The second-order valence-electron chi connectivity index (χ2n) is 4.85. The molecule has 0 aromatic heterocycles. The van der Waals surface area contributed by atoms with Crippen LogP contribution in [-0.4, -0.2) is 27.6 Å². The summed E-state index contributed by atoms with van der Waals surface area (Å²) in [6.45, 7) is 0. The third-order valence-corrected chi connectivity index (χ3v) is 5.00. The van der Waals surface area contributed by atoms with Crippen LogP contribution in [-0.2, 0) is 10.0 Å². The summed E-state index contributed by atoms with van der Waals surface area (Å²) < 4.78 is 32.2. The maximum Gasteiger partial charge on any atom is 0.240 e. The first kappa shape index (κ1) is 14.3. The standard InChI is InChI=1S/C13H20N2O3S/c1-18-10-6-8-11(9-7-10)19(16,17)15-13-5-3-2-4-12(13)14/h6-9,12-13,15H,2-5,14H2,1H3. The number of hydrogen-bond donors (Lipinski definition) is 2. The molecule has 1 aliphatic rings. The summed E-state index contributed by atoms with van der Waals surface area (Å²) in [6, 6.07) is 6.08. The number of nitrogens with one attached hydrogen (secondary N) is 1. The molecule has 0 aliphatic heterocycles. The highest BCUT2D eigenvalue weighted by Gasteiger charge is 2.27. The van der Waals surface area contributed by atoms with Crippen LogP contribution in [0, 0.1) is 0 Å². The van der Waals surface area contributed by atoms with Crippen LogP contribution in [0.5, 0.6) is 5.75 Å². The summed E-state index contributed by atoms with van der Waals surface area (Å²) in [5.41, 5.74) is 5.96. The maximum absolute atomic E-state index is 12.2. The van der Waals surface area contributed by atoms with Crippen molar-refractivity contribution in [3.63, 3.8) is 0 Å². The van der Waals surface area contributed by atoms with Gasteiger partial charge < -0.3 is 10.5 Å². The van der Waals surface area contributed by atoms with Crippen LogP contribution in [0.4, 0.5) is 0 Å². The van der Waals surface area contributed by atoms with Crippen molar-refractivity contribution in [2.45, 2.75) is 42.7 Å². The predicted molar refractivity (Wildman–Crippen MR) is 73.5 cm³/mol. The number of rotatable bonds is 4. The van der Waals surface area contributed by atoms with Crippen LogP contribution in [0.3, 0.4) is 0 Å². The molecule has 0 bridgehead atoms. The summed E-state index contributed by atoms with van der Waals surface area (Å²) >= 11 is 0. The van der Waals surface area contributed by atoms with Crippen LogP contribution in [0.25, 0.3) is 0 Å². The second kappa shape index (κ2) is 5.90. The van der Waals surface area contributed by atoms with E-state index in [1.165, 1.54) is 12.1 Å². The van der Waals surface area contributed by atoms with E-state index in [0.29, 0.717) is 5.75 Å². The molecule has 2 atom stereocenters. The monoisotopic (exact) mass is 284 g/mol. The highest BCUT2D eigenvalue weighted by Crippen LogP contribution is 2.20. The van der Waals surface area contributed by atoms with Gasteiger partial charge in [-0.25, -0.2) is 13.1 Å². The summed E-state index contributed by atoms with van der Waals surface area (Å²) in [4.78, 5) is 0.242. The highest BCUT2D eigenvalue weighted by atomic mass is 32.2. The first-order valence-corrected chi connectivity index (χ1v) is 7.93. The minimum Gasteiger partial charge on any atom is -0.497 e. The molecule has 106 valence electrons. The number of ether oxygens (including phenoxy) is 1. The fourth-order valence-corrected chi connectivity index (χ4v) is 3.65. The molecule has 0 heterocycles. The van der Waals surface area contributed by atoms with Gasteiger partial charge in [0.15, 0.2) is 0 Å². The molecule has 1 saturated carbocycles. The van der Waals surface area contributed by atoms with Gasteiger partial charge in [-0.15, -0.1) is 0 Å². The molecule has 3 N–H and O–H groups in total. The molecular weight excluding hydrogens is 264 g/mol. The molecule has 1 aromatic rings. The fraction of sp³-hybridized carbons (Fsp3) is 0.538. The lowest BCUT2D eigenvalue weighted by Gasteiger charge is -2.29. The van der Waals surface area contributed by atoms with Gasteiger partial charge in [-0.05, 0) is 37.1 Å². The summed E-state index contributed by atoms with van der Waals surface area (Å²) in [7, 11) is -1.96. The van der Waals surface area contributed by atoms with Gasteiger partial charge in [0.1, 0.15) is 5.75 Å². The average molecular weight is 284 g/mol. The zero-order chi connectivity index (χ0) is 13.9. The predicted octanol–water partition coefficient (Wildman–Crippen LogP) is 1.24. The van der Waals surface area contributed by atoms with Gasteiger partial charge in [0.05, 0.1) is 12.0 Å². The molecule has 6 heteroatoms. The Labute approximate surface area is 114 Å². The van der Waals surface area contributed by atoms with Gasteiger partial charge in [-0.2, -0.15) is 0 Å². The van der Waals surface area contributed by atoms with E-state index in [4.69, 9.17) is 10.5 Å². The number of nitrogens with two attached hydrogens (primary N) is 1. The third kappa shape index (κ3) is 3.46. The van der Waals surface area contributed by atoms with Crippen molar-refractivity contribution in [3.8, 4) is 5.75 Å². The first-order chi connectivity index (χ1) is 9.03. The molecule has 5 nitrogen and oxygen atoms in total. The van der Waals surface area contributed by atoms with Gasteiger partial charge >= 0.3 is 0 Å². The first-order valence-electron chi connectivity index (χ1n) is 6.45. The topological polar surface area (TPSA) is 81.4 Å². The van der Waals surface area contributed by atoms with Gasteiger partial charge in [-0.1, -0.05) is 12.8 Å². The largest absolute Gasteiger partial charge is 0.497 e. The third-order valence-electron chi connectivity index (χ3n) is 3.50. The van der Waals surface area contributed by atoms with Crippen molar-refractivity contribution in [1.29, 1.82) is 0 Å². The second-order valence-corrected chi connectivity index (χ2v) is 6.57. The lowest BCUT2D eigenvalue weighted by Crippen LogP contribution is -2.49. The molecule has 1 aliphatic carbocycles. The van der Waals surface area contributed by atoms with Gasteiger partial charge in [0.25, 0.3) is 0 Å². The van der Waals surface area contributed by atoms with E-state index >= 15 is 0 Å². The van der Waals surface area contributed by atoms with Gasteiger partial charge in [0.2, 0.25) is 10.0 Å². The van der Waals surface area contributed by atoms with Crippen molar-refractivity contribution in [2.24, 2.45) is 5.73 Å². The summed E-state index contributed by atoms with van der Waals surface area (Å²) in [5, 5.41) is 0. The molecule has 19 heavy (non-hydrogen) atoms. The van der Waals surface area contributed by atoms with Gasteiger partial charge in [-0.3, -0.25) is 0 Å². The summed E-state index contributed by atoms with van der Waals surface area (Å²) in [5.74, 6) is 0.633. The minimum atomic E-state index is -3.50. The Kier molecular flexibility index (Phi) is 4.44. The van der Waals surface area contributed by atoms with E-state index < -0.39 is 10.0 Å². The fourth-order valence-electron chi connectivity index (χ4n) is 2.33. The molecule has 1 fully saturated rings. The van der Waals surface area contributed by atoms with E-state index in [-0.39, 0.29) is 17.0 Å². The molecular formula is C13H20N2O3S. The van der Waals surface area contributed by atoms with E-state index in [1.54, 1.807) is 19.2 Å². The Morgan fingerprint density at radius 3 is 2.42 bits per heavy atom. The quantitative estimate of drug-likeness (QED) is 0.871. The number of sulfonamides is 1. The normalized spacial score (nSPS) is 24.1. The summed E-state index contributed by atoms with van der Waals surface area (Å²) in [6.07, 6.45) is 3.76.